The van der Waals surface area contributed by atoms with E-state index in [1.165, 1.54) is 29.7 Å². The summed E-state index contributed by atoms with van der Waals surface area (Å²) in [5, 5.41) is 2.98. The maximum absolute atomic E-state index is 12.1. The summed E-state index contributed by atoms with van der Waals surface area (Å²) >= 11 is 0. The average molecular weight is 309 g/mol. The summed E-state index contributed by atoms with van der Waals surface area (Å²) in [6, 6.07) is 20.4. The summed E-state index contributed by atoms with van der Waals surface area (Å²) in [4.78, 5) is 13.5. The fraction of sp³-hybridized carbons (Fsp3) is 0.350. The van der Waals surface area contributed by atoms with E-state index in [-0.39, 0.29) is 5.91 Å². The van der Waals surface area contributed by atoms with Crippen LogP contribution in [0.25, 0.3) is 0 Å². The van der Waals surface area contributed by atoms with Crippen LogP contribution in [0, 0.1) is 5.92 Å². The van der Waals surface area contributed by atoms with Crippen molar-refractivity contribution in [3.63, 3.8) is 0 Å². The highest BCUT2D eigenvalue weighted by atomic mass is 16.2. The molecule has 0 bridgehead atoms. The van der Waals surface area contributed by atoms with Crippen LogP contribution in [0.3, 0.4) is 0 Å². The molecule has 1 saturated heterocycles. The zero-order valence-electron chi connectivity index (χ0n) is 13.5. The summed E-state index contributed by atoms with van der Waals surface area (Å²) in [5.74, 6) is 0.881. The SMILES string of the molecule is O=C(C[NH+]1CCC(Cc2ccccc2)CC1)Nc1ccccc1. The second kappa shape index (κ2) is 7.93. The van der Waals surface area contributed by atoms with Crippen molar-refractivity contribution in [2.75, 3.05) is 25.0 Å². The van der Waals surface area contributed by atoms with Crippen molar-refractivity contribution < 1.29 is 9.69 Å². The number of hydrogen-bond donors (Lipinski definition) is 2. The lowest BCUT2D eigenvalue weighted by molar-refractivity contribution is -0.898. The Hall–Kier alpha value is -2.13. The number of para-hydroxylation sites is 1. The third-order valence-corrected chi connectivity index (χ3v) is 4.65. The number of amides is 1. The number of carbonyl (C=O) groups is 1. The number of quaternary nitrogens is 1. The largest absolute Gasteiger partial charge is 0.327 e. The first-order chi connectivity index (χ1) is 11.3. The van der Waals surface area contributed by atoms with Crippen LogP contribution < -0.4 is 10.2 Å². The van der Waals surface area contributed by atoms with Crippen LogP contribution in [0.1, 0.15) is 18.4 Å². The molecule has 1 fully saturated rings. The van der Waals surface area contributed by atoms with Gasteiger partial charge in [-0.05, 0) is 42.9 Å². The Morgan fingerprint density at radius 3 is 2.22 bits per heavy atom. The third-order valence-electron chi connectivity index (χ3n) is 4.65. The normalized spacial score (nSPS) is 20.9. The van der Waals surface area contributed by atoms with Crippen molar-refractivity contribution in [2.24, 2.45) is 5.92 Å². The van der Waals surface area contributed by atoms with Gasteiger partial charge < -0.3 is 10.2 Å². The van der Waals surface area contributed by atoms with Gasteiger partial charge in [0.1, 0.15) is 0 Å². The van der Waals surface area contributed by atoms with Gasteiger partial charge in [0.25, 0.3) is 5.91 Å². The fourth-order valence-corrected chi connectivity index (χ4v) is 3.37. The molecule has 0 spiro atoms. The molecule has 0 aromatic heterocycles. The number of nitrogens with one attached hydrogen (secondary N) is 2. The first-order valence-corrected chi connectivity index (χ1v) is 8.52. The maximum Gasteiger partial charge on any atom is 0.279 e. The quantitative estimate of drug-likeness (QED) is 0.872. The number of benzene rings is 2. The number of likely N-dealkylation sites (tertiary alicyclic amines) is 1. The van der Waals surface area contributed by atoms with E-state index in [1.54, 1.807) is 0 Å². The van der Waals surface area contributed by atoms with E-state index in [0.29, 0.717) is 6.54 Å². The molecule has 3 nitrogen and oxygen atoms in total. The van der Waals surface area contributed by atoms with E-state index in [4.69, 9.17) is 0 Å². The summed E-state index contributed by atoms with van der Waals surface area (Å²) in [6.07, 6.45) is 3.59. The first-order valence-electron chi connectivity index (χ1n) is 8.52. The minimum atomic E-state index is 0.118. The molecule has 120 valence electrons. The zero-order valence-corrected chi connectivity index (χ0v) is 13.5. The molecule has 1 amide bonds. The van der Waals surface area contributed by atoms with Gasteiger partial charge in [0.2, 0.25) is 0 Å². The molecule has 0 radical (unpaired) electrons. The van der Waals surface area contributed by atoms with Crippen molar-refractivity contribution in [3.8, 4) is 0 Å². The van der Waals surface area contributed by atoms with Crippen LogP contribution in [0.4, 0.5) is 5.69 Å². The summed E-state index contributed by atoms with van der Waals surface area (Å²) in [5.41, 5.74) is 2.32. The summed E-state index contributed by atoms with van der Waals surface area (Å²) < 4.78 is 0. The second-order valence-electron chi connectivity index (χ2n) is 6.47. The van der Waals surface area contributed by atoms with Gasteiger partial charge in [-0.25, -0.2) is 0 Å². The molecule has 1 aliphatic rings. The topological polar surface area (TPSA) is 33.5 Å². The highest BCUT2D eigenvalue weighted by Gasteiger charge is 2.24. The molecule has 1 heterocycles. The minimum Gasteiger partial charge on any atom is -0.327 e. The summed E-state index contributed by atoms with van der Waals surface area (Å²) in [6.45, 7) is 2.77. The number of piperidine rings is 1. The molecule has 0 saturated carbocycles. The molecule has 3 rings (SSSR count). The molecule has 3 heteroatoms. The van der Waals surface area contributed by atoms with Gasteiger partial charge >= 0.3 is 0 Å². The van der Waals surface area contributed by atoms with Crippen molar-refractivity contribution in [1.29, 1.82) is 0 Å². The van der Waals surface area contributed by atoms with Gasteiger partial charge in [-0.2, -0.15) is 0 Å². The fourth-order valence-electron chi connectivity index (χ4n) is 3.37. The zero-order chi connectivity index (χ0) is 15.9. The lowest BCUT2D eigenvalue weighted by Gasteiger charge is -2.29. The third kappa shape index (κ3) is 4.93. The van der Waals surface area contributed by atoms with Crippen LogP contribution in [0.5, 0.6) is 0 Å². The molecular formula is C20H25N2O+. The van der Waals surface area contributed by atoms with Gasteiger partial charge in [0, 0.05) is 5.69 Å². The Morgan fingerprint density at radius 1 is 0.957 bits per heavy atom. The highest BCUT2D eigenvalue weighted by molar-refractivity contribution is 5.91. The minimum absolute atomic E-state index is 0.118. The average Bonchev–Trinajstić information content (AvgIpc) is 2.58. The smallest absolute Gasteiger partial charge is 0.279 e. The van der Waals surface area contributed by atoms with Crippen LogP contribution in [0.2, 0.25) is 0 Å². The molecular weight excluding hydrogens is 284 g/mol. The van der Waals surface area contributed by atoms with Crippen molar-refractivity contribution in [2.45, 2.75) is 19.3 Å². The van der Waals surface area contributed by atoms with Crippen LogP contribution in [-0.2, 0) is 11.2 Å². The van der Waals surface area contributed by atoms with E-state index >= 15 is 0 Å². The molecule has 0 unspecified atom stereocenters. The molecule has 0 atom stereocenters. The summed E-state index contributed by atoms with van der Waals surface area (Å²) in [7, 11) is 0. The Balaban J connectivity index is 1.41. The Bertz CT molecular complexity index is 604. The molecule has 2 N–H and O–H groups in total. The number of carbonyl (C=O) groups excluding carboxylic acids is 1. The van der Waals surface area contributed by atoms with Gasteiger partial charge in [-0.3, -0.25) is 4.79 Å². The van der Waals surface area contributed by atoms with E-state index in [2.05, 4.69) is 35.6 Å². The molecule has 23 heavy (non-hydrogen) atoms. The standard InChI is InChI=1S/C20H24N2O/c23-20(21-19-9-5-2-6-10-19)16-22-13-11-18(12-14-22)15-17-7-3-1-4-8-17/h1-10,18H,11-16H2,(H,21,23)/p+1. The van der Waals surface area contributed by atoms with Gasteiger partial charge in [-0.15, -0.1) is 0 Å². The predicted octanol–water partition coefficient (Wildman–Crippen LogP) is 2.16. The number of hydrogen-bond acceptors (Lipinski definition) is 1. The van der Waals surface area contributed by atoms with Crippen molar-refractivity contribution in [3.05, 3.63) is 66.2 Å². The molecule has 2 aromatic carbocycles. The highest BCUT2D eigenvalue weighted by Crippen LogP contribution is 2.16. The van der Waals surface area contributed by atoms with E-state index in [9.17, 15) is 4.79 Å². The van der Waals surface area contributed by atoms with E-state index < -0.39 is 0 Å². The van der Waals surface area contributed by atoms with E-state index in [0.717, 1.165) is 24.7 Å². The molecule has 2 aromatic rings. The molecule has 1 aliphatic heterocycles. The van der Waals surface area contributed by atoms with Crippen molar-refractivity contribution >= 4 is 11.6 Å². The van der Waals surface area contributed by atoms with Crippen LogP contribution >= 0.6 is 0 Å². The van der Waals surface area contributed by atoms with Gasteiger partial charge in [0.05, 0.1) is 13.1 Å². The Labute approximate surface area is 138 Å². The monoisotopic (exact) mass is 309 g/mol. The second-order valence-corrected chi connectivity index (χ2v) is 6.47. The van der Waals surface area contributed by atoms with Crippen LogP contribution in [-0.4, -0.2) is 25.5 Å². The Kier molecular flexibility index (Phi) is 5.43. The van der Waals surface area contributed by atoms with Gasteiger partial charge in [-0.1, -0.05) is 48.5 Å². The lowest BCUT2D eigenvalue weighted by Crippen LogP contribution is -3.14. The molecule has 0 aliphatic carbocycles. The van der Waals surface area contributed by atoms with Crippen LogP contribution in [0.15, 0.2) is 60.7 Å². The number of anilines is 1. The Morgan fingerprint density at radius 2 is 1.57 bits per heavy atom. The van der Waals surface area contributed by atoms with E-state index in [1.807, 2.05) is 30.3 Å². The number of rotatable bonds is 5. The maximum atomic E-state index is 12.1. The first kappa shape index (κ1) is 15.8. The van der Waals surface area contributed by atoms with Gasteiger partial charge in [0.15, 0.2) is 6.54 Å². The lowest BCUT2D eigenvalue weighted by atomic mass is 9.90. The van der Waals surface area contributed by atoms with Crippen molar-refractivity contribution in [1.82, 2.24) is 0 Å². The predicted molar refractivity (Wildman–Crippen MR) is 93.5 cm³/mol.